The Balaban J connectivity index is 1.34. The van der Waals surface area contributed by atoms with Crippen molar-refractivity contribution in [1.29, 1.82) is 0 Å². The molecule has 0 saturated heterocycles. The molecule has 0 aliphatic heterocycles. The molecule has 16 nitrogen and oxygen atoms in total. The van der Waals surface area contributed by atoms with Gasteiger partial charge in [0.15, 0.2) is 11.6 Å². The van der Waals surface area contributed by atoms with Gasteiger partial charge in [0.1, 0.15) is 0 Å². The van der Waals surface area contributed by atoms with Gasteiger partial charge in [-0.1, -0.05) is 60.7 Å². The van der Waals surface area contributed by atoms with Crippen LogP contribution in [0.25, 0.3) is 67.1 Å². The minimum atomic E-state index is -0.826. The third kappa shape index (κ3) is 5.53. The lowest BCUT2D eigenvalue weighted by Gasteiger charge is -2.12. The Hall–Kier alpha value is -7.62. The van der Waals surface area contributed by atoms with E-state index < -0.39 is 42.4 Å². The molecular formula is C34H18N8O8. The van der Waals surface area contributed by atoms with E-state index in [0.29, 0.717) is 44.3 Å². The van der Waals surface area contributed by atoms with Crippen LogP contribution in [0.4, 0.5) is 22.7 Å². The van der Waals surface area contributed by atoms with E-state index in [1.807, 2.05) is 24.3 Å². The molecule has 0 atom stereocenters. The number of aromatic nitrogens is 4. The van der Waals surface area contributed by atoms with Gasteiger partial charge in [0.25, 0.3) is 0 Å². The molecule has 0 fully saturated rings. The second-order valence-electron chi connectivity index (χ2n) is 10.8. The minimum Gasteiger partial charge on any atom is -0.258 e. The van der Waals surface area contributed by atoms with Crippen LogP contribution in [0.15, 0.2) is 109 Å². The van der Waals surface area contributed by atoms with Gasteiger partial charge < -0.3 is 0 Å². The van der Waals surface area contributed by atoms with Crippen LogP contribution in [0, 0.1) is 40.5 Å². The number of hydrogen-bond donors (Lipinski definition) is 0. The summed E-state index contributed by atoms with van der Waals surface area (Å²) in [6, 6.07) is 28.6. The van der Waals surface area contributed by atoms with E-state index in [0.717, 1.165) is 24.3 Å². The molecule has 50 heavy (non-hydrogen) atoms. The zero-order valence-corrected chi connectivity index (χ0v) is 25.2. The van der Waals surface area contributed by atoms with Gasteiger partial charge >= 0.3 is 22.7 Å². The van der Waals surface area contributed by atoms with Gasteiger partial charge in [-0.2, -0.15) is 0 Å². The van der Waals surface area contributed by atoms with Crippen molar-refractivity contribution in [3.63, 3.8) is 0 Å². The quantitative estimate of drug-likeness (QED) is 0.111. The van der Waals surface area contributed by atoms with Gasteiger partial charge in [0.2, 0.25) is 0 Å². The van der Waals surface area contributed by atoms with Gasteiger partial charge in [-0.05, 0) is 24.3 Å². The zero-order valence-electron chi connectivity index (χ0n) is 25.2. The summed E-state index contributed by atoms with van der Waals surface area (Å²) in [6.45, 7) is 0. The number of para-hydroxylation sites is 2. The highest BCUT2D eigenvalue weighted by atomic mass is 16.6. The number of fused-ring (bicyclic) bond motifs is 2. The number of benzene rings is 5. The van der Waals surface area contributed by atoms with Crippen LogP contribution in [0.1, 0.15) is 0 Å². The topological polar surface area (TPSA) is 224 Å². The van der Waals surface area contributed by atoms with Crippen LogP contribution >= 0.6 is 0 Å². The molecule has 0 N–H and O–H groups in total. The molecule has 0 radical (unpaired) electrons. The fraction of sp³-hybridized carbons (Fsp3) is 0. The molecule has 5 aromatic carbocycles. The summed E-state index contributed by atoms with van der Waals surface area (Å²) < 4.78 is 0. The molecule has 0 aliphatic carbocycles. The average molecular weight is 667 g/mol. The number of nitrogens with zero attached hydrogens (tertiary/aromatic N) is 8. The fourth-order valence-corrected chi connectivity index (χ4v) is 5.56. The lowest BCUT2D eigenvalue weighted by molar-refractivity contribution is -0.422. The molecule has 0 saturated carbocycles. The summed E-state index contributed by atoms with van der Waals surface area (Å²) in [5.41, 5.74) is 1.19. The van der Waals surface area contributed by atoms with E-state index in [9.17, 15) is 40.5 Å². The number of nitro groups is 4. The Kier molecular flexibility index (Phi) is 7.56. The lowest BCUT2D eigenvalue weighted by atomic mass is 10.0. The van der Waals surface area contributed by atoms with Crippen LogP contribution in [0.2, 0.25) is 0 Å². The zero-order chi connectivity index (χ0) is 35.1. The van der Waals surface area contributed by atoms with Crippen LogP contribution in [0.3, 0.4) is 0 Å². The van der Waals surface area contributed by atoms with Crippen molar-refractivity contribution < 1.29 is 19.7 Å². The van der Waals surface area contributed by atoms with Crippen molar-refractivity contribution in [3.05, 3.63) is 150 Å². The van der Waals surface area contributed by atoms with Crippen molar-refractivity contribution in [2.24, 2.45) is 0 Å². The molecule has 0 unspecified atom stereocenters. The van der Waals surface area contributed by atoms with Gasteiger partial charge in [-0.3, -0.25) is 40.5 Å². The smallest absolute Gasteiger partial charge is 0.258 e. The summed E-state index contributed by atoms with van der Waals surface area (Å²) in [4.78, 5) is 61.3. The van der Waals surface area contributed by atoms with Crippen LogP contribution in [0.5, 0.6) is 0 Å². The van der Waals surface area contributed by atoms with E-state index in [4.69, 9.17) is 9.97 Å². The Labute approximate surface area is 279 Å². The van der Waals surface area contributed by atoms with E-state index in [1.54, 1.807) is 48.5 Å². The Morgan fingerprint density at radius 3 is 1.08 bits per heavy atom. The van der Waals surface area contributed by atoms with Gasteiger partial charge in [0.05, 0.1) is 42.1 Å². The summed E-state index contributed by atoms with van der Waals surface area (Å²) in [7, 11) is 0. The largest absolute Gasteiger partial charge is 0.346 e. The Morgan fingerprint density at radius 2 is 0.720 bits per heavy atom. The van der Waals surface area contributed by atoms with Gasteiger partial charge in [-0.25, -0.2) is 19.9 Å². The molecule has 2 heterocycles. The first-order valence-corrected chi connectivity index (χ1v) is 14.6. The number of rotatable bonds is 8. The average Bonchev–Trinajstić information content (AvgIpc) is 3.13. The highest BCUT2D eigenvalue weighted by Gasteiger charge is 2.27. The molecular weight excluding hydrogens is 648 g/mol. The summed E-state index contributed by atoms with van der Waals surface area (Å²) >= 11 is 0. The van der Waals surface area contributed by atoms with Crippen LogP contribution in [-0.2, 0) is 0 Å². The highest BCUT2D eigenvalue weighted by molar-refractivity contribution is 5.96. The molecule has 0 bridgehead atoms. The van der Waals surface area contributed by atoms with Gasteiger partial charge in [0, 0.05) is 57.3 Å². The SMILES string of the molecule is O=[N+]([O-])c1ccc(-c2nc(-c3ccc(-c4nc(-c5ccc([N+](=O)[O-])c([N+](=O)[O-])c5)nc5ccccc45)cc3)c3ccccc3n2)cc1[N+](=O)[O-]. The summed E-state index contributed by atoms with van der Waals surface area (Å²) in [6.07, 6.45) is 0. The first kappa shape index (κ1) is 31.0. The number of hydrogen-bond acceptors (Lipinski definition) is 12. The molecule has 16 heteroatoms. The van der Waals surface area contributed by atoms with Crippen molar-refractivity contribution in [1.82, 2.24) is 19.9 Å². The number of nitro benzene ring substituents is 4. The molecule has 7 aromatic rings. The maximum atomic E-state index is 11.6. The van der Waals surface area contributed by atoms with E-state index >= 15 is 0 Å². The van der Waals surface area contributed by atoms with E-state index in [-0.39, 0.29) is 22.8 Å². The third-order valence-electron chi connectivity index (χ3n) is 7.89. The molecule has 242 valence electrons. The molecule has 0 aliphatic rings. The van der Waals surface area contributed by atoms with Crippen molar-refractivity contribution in [2.75, 3.05) is 0 Å². The highest BCUT2D eigenvalue weighted by Crippen LogP contribution is 2.36. The first-order chi connectivity index (χ1) is 24.1. The molecule has 0 spiro atoms. The second-order valence-corrected chi connectivity index (χ2v) is 10.8. The van der Waals surface area contributed by atoms with Gasteiger partial charge in [-0.15, -0.1) is 0 Å². The molecule has 0 amide bonds. The normalized spacial score (nSPS) is 11.0. The molecule has 2 aromatic heterocycles. The van der Waals surface area contributed by atoms with Crippen molar-refractivity contribution in [2.45, 2.75) is 0 Å². The summed E-state index contributed by atoms with van der Waals surface area (Å²) in [5.74, 6) is 0.258. The van der Waals surface area contributed by atoms with Crippen molar-refractivity contribution >= 4 is 44.6 Å². The Morgan fingerprint density at radius 1 is 0.380 bits per heavy atom. The molecule has 7 rings (SSSR count). The van der Waals surface area contributed by atoms with Crippen LogP contribution < -0.4 is 0 Å². The van der Waals surface area contributed by atoms with E-state index in [1.165, 1.54) is 12.1 Å². The van der Waals surface area contributed by atoms with Crippen LogP contribution in [-0.4, -0.2) is 39.6 Å². The summed E-state index contributed by atoms with van der Waals surface area (Å²) in [5, 5.41) is 47.4. The maximum Gasteiger partial charge on any atom is 0.346 e. The second kappa shape index (κ2) is 12.2. The predicted molar refractivity (Wildman–Crippen MR) is 181 cm³/mol. The maximum absolute atomic E-state index is 11.6. The van der Waals surface area contributed by atoms with Crippen molar-refractivity contribution in [3.8, 4) is 45.3 Å². The van der Waals surface area contributed by atoms with E-state index in [2.05, 4.69) is 9.97 Å². The standard InChI is InChI=1S/C34H18N8O8/c43-39(44)27-15-13-21(17-29(27)41(47)48)33-35-25-7-3-1-5-23(25)31(37-33)19-9-11-20(12-10-19)32-24-6-2-4-8-26(24)36-34(38-32)22-14-16-28(40(45)46)30(18-22)42(49)50/h1-18H. The first-order valence-electron chi connectivity index (χ1n) is 14.6. The third-order valence-corrected chi connectivity index (χ3v) is 7.89. The Bertz CT molecular complexity index is 2400. The fourth-order valence-electron chi connectivity index (χ4n) is 5.56. The lowest BCUT2D eigenvalue weighted by Crippen LogP contribution is -1.99. The monoisotopic (exact) mass is 666 g/mol. The minimum absolute atomic E-state index is 0.129. The predicted octanol–water partition coefficient (Wildman–Crippen LogP) is 7.87.